The molecule has 196 valence electrons. The molecule has 0 bridgehead atoms. The van der Waals surface area contributed by atoms with Crippen molar-refractivity contribution < 1.29 is 14.3 Å². The van der Waals surface area contributed by atoms with Crippen molar-refractivity contribution in [2.75, 3.05) is 13.2 Å². The first-order valence-corrected chi connectivity index (χ1v) is 14.5. The van der Waals surface area contributed by atoms with Crippen LogP contribution in [0.1, 0.15) is 113 Å². The Balaban J connectivity index is 0.00000648. The average molecular weight is 507 g/mol. The second-order valence-corrected chi connectivity index (χ2v) is 11.9. The van der Waals surface area contributed by atoms with Crippen LogP contribution in [0.5, 0.6) is 11.5 Å². The summed E-state index contributed by atoms with van der Waals surface area (Å²) in [5.74, 6) is 1.62. The molecule has 1 unspecified atom stereocenters. The molecule has 0 aromatic heterocycles. The normalized spacial score (nSPS) is 11.5. The summed E-state index contributed by atoms with van der Waals surface area (Å²) in [5, 5.41) is 0.961. The third-order valence-electron chi connectivity index (χ3n) is 6.35. The number of hydrogen-bond donors (Lipinski definition) is 0. The minimum atomic E-state index is 0. The number of carbonyl (C=O) groups excluding carboxylic acids is 1. The molecule has 36 heavy (non-hydrogen) atoms. The second kappa shape index (κ2) is 16.6. The SMILES string of the molecule is CCCCCCOc1ccc(PC(=O)c2c(C)cc(C(C)(C)C)cc2C)c(OCCCCCC)c1.[LiH]. The van der Waals surface area contributed by atoms with Gasteiger partial charge in [0.1, 0.15) is 11.5 Å². The topological polar surface area (TPSA) is 35.5 Å². The number of unbranched alkanes of at least 4 members (excludes halogenated alkanes) is 6. The fraction of sp³-hybridized carbons (Fsp3) is 0.581. The summed E-state index contributed by atoms with van der Waals surface area (Å²) in [6, 6.07) is 10.3. The second-order valence-electron chi connectivity index (χ2n) is 10.7. The molecule has 3 nitrogen and oxygen atoms in total. The van der Waals surface area contributed by atoms with Crippen molar-refractivity contribution in [1.29, 1.82) is 0 Å². The Bertz CT molecular complexity index is 926. The summed E-state index contributed by atoms with van der Waals surface area (Å²) < 4.78 is 12.2. The van der Waals surface area contributed by atoms with Crippen molar-refractivity contribution >= 4 is 38.3 Å². The molecule has 0 aliphatic heterocycles. The zero-order chi connectivity index (χ0) is 25.8. The number of ether oxygens (including phenoxy) is 2. The van der Waals surface area contributed by atoms with Gasteiger partial charge in [0.25, 0.3) is 0 Å². The standard InChI is InChI=1S/C31H47O3P.Li.H/c1-8-10-12-14-18-33-26-16-17-28(27(22-26)34-19-15-13-11-9-2)35-30(32)29-23(3)20-25(21-24(29)4)31(5,6)7;;/h16-17,20-22,35H,8-15,18-19H2,1-7H3;;. The molecule has 0 amide bonds. The van der Waals surface area contributed by atoms with Crippen LogP contribution in [0.15, 0.2) is 30.3 Å². The Kier molecular flexibility index (Phi) is 15.1. The molecule has 0 radical (unpaired) electrons. The van der Waals surface area contributed by atoms with Crippen LogP contribution in [0.25, 0.3) is 0 Å². The molecule has 1 atom stereocenters. The summed E-state index contributed by atoms with van der Waals surface area (Å²) >= 11 is 0. The monoisotopic (exact) mass is 506 g/mol. The number of hydrogen-bond acceptors (Lipinski definition) is 3. The predicted octanol–water partition coefficient (Wildman–Crippen LogP) is 8.01. The molecule has 0 heterocycles. The van der Waals surface area contributed by atoms with Gasteiger partial charge in [0, 0.05) is 16.9 Å². The van der Waals surface area contributed by atoms with Gasteiger partial charge in [-0.05, 0) is 69.5 Å². The average Bonchev–Trinajstić information content (AvgIpc) is 2.79. The van der Waals surface area contributed by atoms with Crippen molar-refractivity contribution in [2.45, 2.75) is 105 Å². The number of carbonyl (C=O) groups is 1. The van der Waals surface area contributed by atoms with Crippen LogP contribution in [-0.2, 0) is 5.41 Å². The fourth-order valence-electron chi connectivity index (χ4n) is 4.18. The van der Waals surface area contributed by atoms with Gasteiger partial charge in [0.05, 0.1) is 13.2 Å². The molecule has 5 heteroatoms. The van der Waals surface area contributed by atoms with Crippen molar-refractivity contribution in [2.24, 2.45) is 0 Å². The van der Waals surface area contributed by atoms with E-state index in [1.54, 1.807) is 0 Å². The van der Waals surface area contributed by atoms with Gasteiger partial charge >= 0.3 is 18.9 Å². The molecular formula is C31H48LiO3P. The molecule has 2 aromatic carbocycles. The molecule has 0 N–H and O–H groups in total. The van der Waals surface area contributed by atoms with Crippen molar-refractivity contribution in [3.63, 3.8) is 0 Å². The summed E-state index contributed by atoms with van der Waals surface area (Å²) in [4.78, 5) is 13.5. The Morgan fingerprint density at radius 2 is 1.36 bits per heavy atom. The van der Waals surface area contributed by atoms with Crippen LogP contribution in [0.2, 0.25) is 0 Å². The molecule has 0 spiro atoms. The van der Waals surface area contributed by atoms with Gasteiger partial charge in [-0.15, -0.1) is 0 Å². The van der Waals surface area contributed by atoms with Gasteiger partial charge in [0.2, 0.25) is 0 Å². The van der Waals surface area contributed by atoms with Crippen molar-refractivity contribution in [3.8, 4) is 11.5 Å². The van der Waals surface area contributed by atoms with Crippen LogP contribution < -0.4 is 14.8 Å². The van der Waals surface area contributed by atoms with E-state index in [-0.39, 0.29) is 38.4 Å². The van der Waals surface area contributed by atoms with E-state index in [1.807, 2.05) is 18.2 Å². The fourth-order valence-corrected chi connectivity index (χ4v) is 5.38. The Labute approximate surface area is 234 Å². The molecule has 2 rings (SSSR count). The van der Waals surface area contributed by atoms with E-state index < -0.39 is 0 Å². The maximum atomic E-state index is 13.5. The van der Waals surface area contributed by atoms with Gasteiger partial charge in [-0.3, -0.25) is 4.79 Å². The predicted molar refractivity (Wildman–Crippen MR) is 160 cm³/mol. The molecule has 0 aliphatic rings. The van der Waals surface area contributed by atoms with Crippen molar-refractivity contribution in [3.05, 3.63) is 52.6 Å². The van der Waals surface area contributed by atoms with Gasteiger partial charge in [-0.2, -0.15) is 0 Å². The summed E-state index contributed by atoms with van der Waals surface area (Å²) in [6.45, 7) is 16.6. The first-order valence-electron chi connectivity index (χ1n) is 13.5. The third-order valence-corrected chi connectivity index (χ3v) is 7.51. The van der Waals surface area contributed by atoms with E-state index in [4.69, 9.17) is 9.47 Å². The number of rotatable bonds is 15. The third kappa shape index (κ3) is 10.6. The quantitative estimate of drug-likeness (QED) is 0.139. The molecule has 2 aromatic rings. The zero-order valence-corrected chi connectivity index (χ0v) is 24.2. The molecule has 0 saturated heterocycles. The number of aryl methyl sites for hydroxylation is 2. The molecular weight excluding hydrogens is 458 g/mol. The molecule has 0 saturated carbocycles. The van der Waals surface area contributed by atoms with E-state index in [0.29, 0.717) is 6.61 Å². The first-order chi connectivity index (χ1) is 16.7. The molecule has 0 aliphatic carbocycles. The van der Waals surface area contributed by atoms with E-state index in [9.17, 15) is 4.79 Å². The van der Waals surface area contributed by atoms with E-state index in [2.05, 4.69) is 60.6 Å². The Hall–Kier alpha value is -1.26. The summed E-state index contributed by atoms with van der Waals surface area (Å²) in [7, 11) is 0.0221. The van der Waals surface area contributed by atoms with E-state index >= 15 is 0 Å². The van der Waals surface area contributed by atoms with Crippen LogP contribution in [-0.4, -0.2) is 37.6 Å². The first kappa shape index (κ1) is 32.8. The van der Waals surface area contributed by atoms with Crippen LogP contribution in [0.3, 0.4) is 0 Å². The van der Waals surface area contributed by atoms with Crippen LogP contribution >= 0.6 is 8.58 Å². The van der Waals surface area contributed by atoms with Gasteiger partial charge in [-0.1, -0.05) is 85.3 Å². The zero-order valence-electron chi connectivity index (χ0n) is 23.2. The maximum absolute atomic E-state index is 13.5. The van der Waals surface area contributed by atoms with E-state index in [0.717, 1.165) is 52.9 Å². The van der Waals surface area contributed by atoms with Gasteiger partial charge < -0.3 is 9.47 Å². The van der Waals surface area contributed by atoms with Gasteiger partial charge in [0.15, 0.2) is 5.52 Å². The number of benzene rings is 2. The van der Waals surface area contributed by atoms with E-state index in [1.165, 1.54) is 44.1 Å². The van der Waals surface area contributed by atoms with Gasteiger partial charge in [-0.25, -0.2) is 0 Å². The summed E-state index contributed by atoms with van der Waals surface area (Å²) in [6.07, 6.45) is 9.34. The minimum absolute atomic E-state index is 0. The summed E-state index contributed by atoms with van der Waals surface area (Å²) in [5.41, 5.74) is 4.46. The molecule has 0 fully saturated rings. The van der Waals surface area contributed by atoms with Crippen LogP contribution in [0.4, 0.5) is 0 Å². The Morgan fingerprint density at radius 3 is 1.89 bits per heavy atom. The Morgan fingerprint density at radius 1 is 0.806 bits per heavy atom. The van der Waals surface area contributed by atoms with Crippen molar-refractivity contribution in [1.82, 2.24) is 0 Å². The van der Waals surface area contributed by atoms with Crippen LogP contribution in [0, 0.1) is 13.8 Å².